The van der Waals surface area contributed by atoms with Gasteiger partial charge in [0, 0.05) is 31.1 Å². The van der Waals surface area contributed by atoms with Crippen LogP contribution >= 0.6 is 12.0 Å². The monoisotopic (exact) mass is 400 g/mol. The molecule has 1 atom stereocenters. The van der Waals surface area contributed by atoms with E-state index in [0.29, 0.717) is 23.3 Å². The molecule has 1 fully saturated rings. The van der Waals surface area contributed by atoms with Crippen molar-refractivity contribution in [2.45, 2.75) is 17.9 Å². The standard InChI is InChI=1S/C21H24N2O4S/c1-14-13-23(9-8-22-14)17-12-16(11-15-7-10-26-20(15)17)28-27-19-6-4-5-18(24-2)21(19)25-3/h4-7,10-12,14,22H,8-9,13H2,1-3H3. The summed E-state index contributed by atoms with van der Waals surface area (Å²) in [5, 5.41) is 4.54. The summed E-state index contributed by atoms with van der Waals surface area (Å²) in [6.45, 7) is 5.04. The fourth-order valence-corrected chi connectivity index (χ4v) is 4.14. The van der Waals surface area contributed by atoms with Crippen molar-refractivity contribution in [1.82, 2.24) is 5.32 Å². The van der Waals surface area contributed by atoms with E-state index in [1.165, 1.54) is 12.0 Å². The predicted molar refractivity (Wildman–Crippen MR) is 112 cm³/mol. The Morgan fingerprint density at radius 3 is 2.79 bits per heavy atom. The molecule has 148 valence electrons. The molecule has 3 aromatic rings. The SMILES string of the molecule is COc1cccc(OSc2cc(N3CCNC(C)C3)c3occc3c2)c1OC. The van der Waals surface area contributed by atoms with Crippen LogP contribution in [0.1, 0.15) is 6.92 Å². The van der Waals surface area contributed by atoms with Crippen LogP contribution in [0.25, 0.3) is 11.0 Å². The summed E-state index contributed by atoms with van der Waals surface area (Å²) in [5.41, 5.74) is 2.01. The zero-order valence-electron chi connectivity index (χ0n) is 16.2. The van der Waals surface area contributed by atoms with Gasteiger partial charge in [-0.1, -0.05) is 6.07 Å². The first-order valence-corrected chi connectivity index (χ1v) is 9.99. The minimum atomic E-state index is 0.437. The van der Waals surface area contributed by atoms with Gasteiger partial charge >= 0.3 is 0 Å². The van der Waals surface area contributed by atoms with Crippen LogP contribution in [0.15, 0.2) is 52.0 Å². The van der Waals surface area contributed by atoms with Crippen LogP contribution in [-0.4, -0.2) is 39.9 Å². The topological polar surface area (TPSA) is 56.1 Å². The van der Waals surface area contributed by atoms with Gasteiger partial charge in [-0.25, -0.2) is 0 Å². The molecule has 6 nitrogen and oxygen atoms in total. The summed E-state index contributed by atoms with van der Waals surface area (Å²) in [7, 11) is 3.22. The van der Waals surface area contributed by atoms with Crippen LogP contribution in [-0.2, 0) is 0 Å². The number of nitrogens with one attached hydrogen (secondary N) is 1. The fraction of sp³-hybridized carbons (Fsp3) is 0.333. The van der Waals surface area contributed by atoms with Crippen molar-refractivity contribution in [2.24, 2.45) is 0 Å². The Bertz CT molecular complexity index is 959. The van der Waals surface area contributed by atoms with Crippen LogP contribution < -0.4 is 23.9 Å². The number of anilines is 1. The Kier molecular flexibility index (Phi) is 5.54. The number of hydrogen-bond acceptors (Lipinski definition) is 7. The molecule has 2 heterocycles. The molecular formula is C21H24N2O4S. The lowest BCUT2D eigenvalue weighted by Gasteiger charge is -2.33. The van der Waals surface area contributed by atoms with Crippen molar-refractivity contribution in [3.63, 3.8) is 0 Å². The zero-order valence-corrected chi connectivity index (χ0v) is 17.0. The Morgan fingerprint density at radius 2 is 2.00 bits per heavy atom. The van der Waals surface area contributed by atoms with Gasteiger partial charge in [0.25, 0.3) is 0 Å². The van der Waals surface area contributed by atoms with E-state index < -0.39 is 0 Å². The summed E-state index contributed by atoms with van der Waals surface area (Å²) >= 11 is 1.30. The molecule has 1 aliphatic heterocycles. The highest BCUT2D eigenvalue weighted by Gasteiger charge is 2.20. The van der Waals surface area contributed by atoms with Crippen LogP contribution in [0.4, 0.5) is 5.69 Å². The molecule has 4 rings (SSSR count). The molecule has 0 spiro atoms. The summed E-state index contributed by atoms with van der Waals surface area (Å²) < 4.78 is 22.6. The zero-order chi connectivity index (χ0) is 19.5. The van der Waals surface area contributed by atoms with Gasteiger partial charge in [0.15, 0.2) is 17.1 Å². The maximum absolute atomic E-state index is 6.00. The number of furan rings is 1. The van der Waals surface area contributed by atoms with E-state index in [2.05, 4.69) is 29.3 Å². The van der Waals surface area contributed by atoms with Gasteiger partial charge in [-0.15, -0.1) is 0 Å². The number of benzene rings is 2. The van der Waals surface area contributed by atoms with Crippen molar-refractivity contribution in [2.75, 3.05) is 38.8 Å². The molecule has 28 heavy (non-hydrogen) atoms. The predicted octanol–water partition coefficient (Wildman–Crippen LogP) is 4.33. The molecule has 1 aromatic heterocycles. The third-order valence-corrected chi connectivity index (χ3v) is 5.50. The number of methoxy groups -OCH3 is 2. The summed E-state index contributed by atoms with van der Waals surface area (Å²) in [6, 6.07) is 12.2. The number of hydrogen-bond donors (Lipinski definition) is 1. The number of nitrogens with zero attached hydrogens (tertiary/aromatic N) is 1. The number of ether oxygens (including phenoxy) is 2. The van der Waals surface area contributed by atoms with Gasteiger partial charge < -0.3 is 28.3 Å². The van der Waals surface area contributed by atoms with Gasteiger partial charge in [-0.3, -0.25) is 0 Å². The largest absolute Gasteiger partial charge is 0.493 e. The highest BCUT2D eigenvalue weighted by Crippen LogP contribution is 2.41. The smallest absolute Gasteiger partial charge is 0.204 e. The lowest BCUT2D eigenvalue weighted by atomic mass is 10.1. The highest BCUT2D eigenvalue weighted by molar-refractivity contribution is 7.95. The molecule has 0 saturated carbocycles. The molecule has 0 amide bonds. The average molecular weight is 401 g/mol. The second kappa shape index (κ2) is 8.24. The van der Waals surface area contributed by atoms with Crippen molar-refractivity contribution in [3.8, 4) is 17.2 Å². The molecule has 7 heteroatoms. The Balaban J connectivity index is 1.61. The average Bonchev–Trinajstić information content (AvgIpc) is 3.19. The molecule has 1 unspecified atom stereocenters. The van der Waals surface area contributed by atoms with Gasteiger partial charge in [0.1, 0.15) is 0 Å². The van der Waals surface area contributed by atoms with Crippen molar-refractivity contribution in [1.29, 1.82) is 0 Å². The van der Waals surface area contributed by atoms with E-state index in [-0.39, 0.29) is 0 Å². The van der Waals surface area contributed by atoms with Crippen LogP contribution in [0.2, 0.25) is 0 Å². The maximum atomic E-state index is 6.00. The molecule has 0 bridgehead atoms. The third kappa shape index (κ3) is 3.72. The van der Waals surface area contributed by atoms with Gasteiger partial charge in [-0.2, -0.15) is 0 Å². The molecule has 0 aliphatic carbocycles. The van der Waals surface area contributed by atoms with Crippen molar-refractivity contribution >= 4 is 28.7 Å². The number of fused-ring (bicyclic) bond motifs is 1. The van der Waals surface area contributed by atoms with E-state index in [4.69, 9.17) is 18.1 Å². The van der Waals surface area contributed by atoms with Crippen LogP contribution in [0, 0.1) is 0 Å². The van der Waals surface area contributed by atoms with Gasteiger partial charge in [0.2, 0.25) is 5.75 Å². The molecule has 1 saturated heterocycles. The Hall–Kier alpha value is -2.51. The summed E-state index contributed by atoms with van der Waals surface area (Å²) in [4.78, 5) is 3.36. The number of piperazine rings is 1. The van der Waals surface area contributed by atoms with E-state index in [1.54, 1.807) is 20.5 Å². The molecule has 1 aliphatic rings. The van der Waals surface area contributed by atoms with Crippen LogP contribution in [0.3, 0.4) is 0 Å². The third-order valence-electron chi connectivity index (χ3n) is 4.81. The van der Waals surface area contributed by atoms with Gasteiger partial charge in [0.05, 0.1) is 43.1 Å². The van der Waals surface area contributed by atoms with Gasteiger partial charge in [-0.05, 0) is 37.3 Å². The Labute approximate surface area is 168 Å². The summed E-state index contributed by atoms with van der Waals surface area (Å²) in [6.07, 6.45) is 1.74. The first-order chi connectivity index (χ1) is 13.7. The maximum Gasteiger partial charge on any atom is 0.204 e. The van der Waals surface area contributed by atoms with Crippen LogP contribution in [0.5, 0.6) is 17.2 Å². The Morgan fingerprint density at radius 1 is 1.14 bits per heavy atom. The minimum Gasteiger partial charge on any atom is -0.493 e. The highest BCUT2D eigenvalue weighted by atomic mass is 32.2. The first-order valence-electron chi connectivity index (χ1n) is 9.24. The molecule has 0 radical (unpaired) electrons. The normalized spacial score (nSPS) is 17.0. The quantitative estimate of drug-likeness (QED) is 0.618. The first kappa shape index (κ1) is 18.8. The van der Waals surface area contributed by atoms with Crippen molar-refractivity contribution in [3.05, 3.63) is 42.7 Å². The number of para-hydroxylation sites is 1. The molecule has 1 N–H and O–H groups in total. The van der Waals surface area contributed by atoms with E-state index >= 15 is 0 Å². The molecular weight excluding hydrogens is 376 g/mol. The summed E-state index contributed by atoms with van der Waals surface area (Å²) in [5.74, 6) is 1.84. The fourth-order valence-electron chi connectivity index (χ4n) is 3.49. The number of rotatable bonds is 6. The second-order valence-electron chi connectivity index (χ2n) is 6.74. The lowest BCUT2D eigenvalue weighted by molar-refractivity contribution is 0.346. The lowest BCUT2D eigenvalue weighted by Crippen LogP contribution is -2.49. The second-order valence-corrected chi connectivity index (χ2v) is 7.55. The van der Waals surface area contributed by atoms with E-state index in [0.717, 1.165) is 41.2 Å². The van der Waals surface area contributed by atoms with E-state index in [9.17, 15) is 0 Å². The van der Waals surface area contributed by atoms with Crippen molar-refractivity contribution < 1.29 is 18.1 Å². The van der Waals surface area contributed by atoms with E-state index in [1.807, 2.05) is 24.3 Å². The molecule has 2 aromatic carbocycles. The minimum absolute atomic E-state index is 0.437.